The van der Waals surface area contributed by atoms with Gasteiger partial charge in [-0.05, 0) is 26.7 Å². The van der Waals surface area contributed by atoms with Gasteiger partial charge in [0.05, 0.1) is 6.33 Å². The van der Waals surface area contributed by atoms with E-state index in [1.165, 1.54) is 24.4 Å². The van der Waals surface area contributed by atoms with Crippen LogP contribution in [0.2, 0.25) is 0 Å². The zero-order valence-corrected chi connectivity index (χ0v) is 16.2. The fourth-order valence-electron chi connectivity index (χ4n) is 2.02. The summed E-state index contributed by atoms with van der Waals surface area (Å²) in [7, 11) is 0. The fourth-order valence-corrected chi connectivity index (χ4v) is 2.72. The number of H-pyrrole nitrogens is 1. The van der Waals surface area contributed by atoms with Gasteiger partial charge in [-0.1, -0.05) is 25.6 Å². The smallest absolute Gasteiger partial charge is 0.408 e. The van der Waals surface area contributed by atoms with Crippen LogP contribution < -0.4 is 5.32 Å². The molecule has 2 aromatic heterocycles. The third-order valence-electron chi connectivity index (χ3n) is 3.18. The van der Waals surface area contributed by atoms with E-state index in [0.717, 1.165) is 0 Å². The summed E-state index contributed by atoms with van der Waals surface area (Å²) in [5.74, 6) is -0.643. The molecule has 10 heteroatoms. The summed E-state index contributed by atoms with van der Waals surface area (Å²) in [5, 5.41) is 3.19. The van der Waals surface area contributed by atoms with Crippen LogP contribution in [-0.2, 0) is 14.3 Å². The molecule has 2 N–H and O–H groups in total. The third kappa shape index (κ3) is 5.58. The Balaban J connectivity index is 1.91. The molecule has 2 rings (SSSR count). The van der Waals surface area contributed by atoms with Crippen LogP contribution >= 0.6 is 11.8 Å². The maximum Gasteiger partial charge on any atom is 0.408 e. The molecule has 0 saturated carbocycles. The highest BCUT2D eigenvalue weighted by molar-refractivity contribution is 7.99. The van der Waals surface area contributed by atoms with E-state index in [-0.39, 0.29) is 11.9 Å². The first-order valence-electron chi connectivity index (χ1n) is 8.10. The van der Waals surface area contributed by atoms with Gasteiger partial charge in [0.2, 0.25) is 0 Å². The quantitative estimate of drug-likeness (QED) is 0.339. The first kappa shape index (κ1) is 20.0. The van der Waals surface area contributed by atoms with E-state index >= 15 is 0 Å². The Morgan fingerprint density at radius 1 is 1.27 bits per heavy atom. The van der Waals surface area contributed by atoms with Crippen molar-refractivity contribution >= 4 is 35.0 Å². The lowest BCUT2D eigenvalue weighted by atomic mass is 10.1. The van der Waals surface area contributed by atoms with Crippen molar-refractivity contribution in [3.05, 3.63) is 12.7 Å². The highest BCUT2D eigenvalue weighted by atomic mass is 32.2. The van der Waals surface area contributed by atoms with Crippen molar-refractivity contribution in [3.8, 4) is 0 Å². The zero-order valence-electron chi connectivity index (χ0n) is 15.4. The van der Waals surface area contributed by atoms with Crippen molar-refractivity contribution in [3.63, 3.8) is 0 Å². The van der Waals surface area contributed by atoms with E-state index in [9.17, 15) is 9.59 Å². The van der Waals surface area contributed by atoms with Crippen LogP contribution in [-0.4, -0.2) is 49.6 Å². The highest BCUT2D eigenvalue weighted by Crippen LogP contribution is 2.22. The number of nitrogens with zero attached hydrogens (tertiary/aromatic N) is 3. The summed E-state index contributed by atoms with van der Waals surface area (Å²) in [6.45, 7) is 8.89. The molecule has 0 fully saturated rings. The van der Waals surface area contributed by atoms with Crippen molar-refractivity contribution < 1.29 is 19.1 Å². The number of fused-ring (bicyclic) bond motifs is 1. The maximum atomic E-state index is 12.3. The molecule has 1 atom stereocenters. The van der Waals surface area contributed by atoms with E-state index in [1.807, 2.05) is 13.8 Å². The second kappa shape index (κ2) is 8.35. The summed E-state index contributed by atoms with van der Waals surface area (Å²) >= 11 is 1.23. The molecule has 2 heterocycles. The van der Waals surface area contributed by atoms with Crippen molar-refractivity contribution in [2.24, 2.45) is 5.92 Å². The van der Waals surface area contributed by atoms with E-state index in [0.29, 0.717) is 16.2 Å². The van der Waals surface area contributed by atoms with Gasteiger partial charge >= 0.3 is 12.1 Å². The fraction of sp³-hybridized carbons (Fsp3) is 0.562. The van der Waals surface area contributed by atoms with Gasteiger partial charge in [0, 0.05) is 0 Å². The lowest BCUT2D eigenvalue weighted by Gasteiger charge is -2.24. The monoisotopic (exact) mass is 381 g/mol. The van der Waals surface area contributed by atoms with E-state index < -0.39 is 23.7 Å². The van der Waals surface area contributed by atoms with Crippen LogP contribution in [0.5, 0.6) is 0 Å². The maximum absolute atomic E-state index is 12.3. The van der Waals surface area contributed by atoms with Gasteiger partial charge < -0.3 is 19.8 Å². The minimum absolute atomic E-state index is 0.0448. The number of aromatic amines is 1. The van der Waals surface area contributed by atoms with Crippen LogP contribution in [0.3, 0.4) is 0 Å². The molecular weight excluding hydrogens is 358 g/mol. The number of carbonyl (C=O) groups excluding carboxylic acids is 2. The van der Waals surface area contributed by atoms with Gasteiger partial charge in [0.25, 0.3) is 0 Å². The van der Waals surface area contributed by atoms with Crippen LogP contribution in [0.1, 0.15) is 34.6 Å². The molecule has 0 radical (unpaired) electrons. The molecule has 0 bridgehead atoms. The minimum atomic E-state index is -0.803. The summed E-state index contributed by atoms with van der Waals surface area (Å²) in [4.78, 5) is 39.4. The number of aromatic nitrogens is 4. The number of hydrogen-bond donors (Lipinski definition) is 2. The number of imidazole rings is 1. The molecule has 2 aromatic rings. The van der Waals surface area contributed by atoms with Gasteiger partial charge in [0.15, 0.2) is 5.65 Å². The molecule has 0 aliphatic heterocycles. The molecule has 0 aliphatic rings. The number of alkyl carbamates (subject to hydrolysis) is 1. The summed E-state index contributed by atoms with van der Waals surface area (Å²) < 4.78 is 10.5. The number of ether oxygens (including phenoxy) is 2. The molecule has 0 spiro atoms. The topological polar surface area (TPSA) is 119 Å². The summed E-state index contributed by atoms with van der Waals surface area (Å²) in [6.07, 6.45) is 2.26. The van der Waals surface area contributed by atoms with Gasteiger partial charge in [-0.25, -0.2) is 24.5 Å². The van der Waals surface area contributed by atoms with Crippen molar-refractivity contribution in [1.29, 1.82) is 0 Å². The Morgan fingerprint density at radius 3 is 2.65 bits per heavy atom. The van der Waals surface area contributed by atoms with Gasteiger partial charge in [0.1, 0.15) is 34.5 Å². The van der Waals surface area contributed by atoms with E-state index in [2.05, 4.69) is 25.3 Å². The molecule has 142 valence electrons. The zero-order chi connectivity index (χ0) is 19.3. The largest absolute Gasteiger partial charge is 0.453 e. The Kier molecular flexibility index (Phi) is 6.41. The number of rotatable bonds is 6. The Hall–Kier alpha value is -2.36. The Bertz CT molecular complexity index is 771. The highest BCUT2D eigenvalue weighted by Gasteiger charge is 2.28. The summed E-state index contributed by atoms with van der Waals surface area (Å²) in [6, 6.07) is -0.803. The van der Waals surface area contributed by atoms with Crippen molar-refractivity contribution in [1.82, 2.24) is 25.3 Å². The molecule has 0 aliphatic carbocycles. The number of hydrogen-bond acceptors (Lipinski definition) is 8. The number of esters is 1. The molecule has 26 heavy (non-hydrogen) atoms. The predicted octanol–water partition coefficient (Wildman–Crippen LogP) is 2.50. The number of carbonyl (C=O) groups is 2. The standard InChI is InChI=1S/C16H23N5O4S/c1-9(2)10(21-15(23)25-16(3,4)5)14(22)24-8-26-13-11-12(18-6-17-11)19-7-20-13/h6-7,9-10H,8H2,1-5H3,(H,21,23)(H,17,18,19,20)/t10-/m0/s1. The molecular formula is C16H23N5O4S. The second-order valence-electron chi connectivity index (χ2n) is 6.87. The van der Waals surface area contributed by atoms with Crippen LogP contribution in [0.25, 0.3) is 11.2 Å². The van der Waals surface area contributed by atoms with Crippen LogP contribution in [0.4, 0.5) is 4.79 Å². The van der Waals surface area contributed by atoms with E-state index in [1.54, 1.807) is 20.8 Å². The molecule has 0 aromatic carbocycles. The average Bonchev–Trinajstić information content (AvgIpc) is 3.00. The van der Waals surface area contributed by atoms with Gasteiger partial charge in [-0.15, -0.1) is 0 Å². The minimum Gasteiger partial charge on any atom is -0.453 e. The van der Waals surface area contributed by atoms with Crippen molar-refractivity contribution in [2.45, 2.75) is 51.3 Å². The number of thioether (sulfide) groups is 1. The SMILES string of the molecule is CC(C)[C@H](NC(=O)OC(C)(C)C)C(=O)OCSc1ncnc2nc[nH]c12. The van der Waals surface area contributed by atoms with Crippen molar-refractivity contribution in [2.75, 3.05) is 5.94 Å². The second-order valence-corrected chi connectivity index (χ2v) is 7.78. The van der Waals surface area contributed by atoms with Gasteiger partial charge in [-0.2, -0.15) is 0 Å². The average molecular weight is 381 g/mol. The molecule has 1 amide bonds. The normalized spacial score (nSPS) is 12.8. The molecule has 9 nitrogen and oxygen atoms in total. The van der Waals surface area contributed by atoms with Crippen LogP contribution in [0, 0.1) is 5.92 Å². The lowest BCUT2D eigenvalue weighted by molar-refractivity contribution is -0.145. The number of nitrogens with one attached hydrogen (secondary N) is 2. The van der Waals surface area contributed by atoms with Gasteiger partial charge in [-0.3, -0.25) is 0 Å². The molecule has 0 unspecified atom stereocenters. The molecule has 0 saturated heterocycles. The first-order chi connectivity index (χ1) is 12.2. The Labute approximate surface area is 155 Å². The first-order valence-corrected chi connectivity index (χ1v) is 9.09. The van der Waals surface area contributed by atoms with Crippen LogP contribution in [0.15, 0.2) is 17.7 Å². The Morgan fingerprint density at radius 2 is 2.00 bits per heavy atom. The third-order valence-corrected chi connectivity index (χ3v) is 4.00. The predicted molar refractivity (Wildman–Crippen MR) is 96.5 cm³/mol. The lowest BCUT2D eigenvalue weighted by Crippen LogP contribution is -2.47. The number of amides is 1. The van der Waals surface area contributed by atoms with E-state index in [4.69, 9.17) is 9.47 Å². The summed E-state index contributed by atoms with van der Waals surface area (Å²) in [5.41, 5.74) is 0.578.